The van der Waals surface area contributed by atoms with Crippen molar-refractivity contribution in [2.24, 2.45) is 0 Å². The van der Waals surface area contributed by atoms with Crippen LogP contribution in [0.1, 0.15) is 36.4 Å². The van der Waals surface area contributed by atoms with Crippen molar-refractivity contribution in [1.82, 2.24) is 15.2 Å². The molecule has 2 saturated heterocycles. The SMILES string of the molecule is N#Cc1ccc(N2C3CC[C@H]2CN(C(=O)CCN[C@H](CO)c2ccc(F)c(F)c2)C3)nc1. The molecule has 1 aromatic heterocycles. The number of pyridine rings is 1. The largest absolute Gasteiger partial charge is 0.394 e. The molecule has 7 nitrogen and oxygen atoms in total. The molecule has 2 bridgehead atoms. The summed E-state index contributed by atoms with van der Waals surface area (Å²) in [6.07, 6.45) is 3.78. The van der Waals surface area contributed by atoms with Gasteiger partial charge in [0.1, 0.15) is 11.9 Å². The number of amides is 1. The third-order valence-corrected chi connectivity index (χ3v) is 6.23. The van der Waals surface area contributed by atoms with Gasteiger partial charge in [0.25, 0.3) is 0 Å². The van der Waals surface area contributed by atoms with Crippen molar-refractivity contribution in [3.63, 3.8) is 0 Å². The topological polar surface area (TPSA) is 92.5 Å². The van der Waals surface area contributed by atoms with Gasteiger partial charge in [0.2, 0.25) is 5.91 Å². The first-order valence-corrected chi connectivity index (χ1v) is 10.7. The van der Waals surface area contributed by atoms with Crippen LogP contribution in [0.2, 0.25) is 0 Å². The number of halogens is 2. The van der Waals surface area contributed by atoms with E-state index in [9.17, 15) is 18.7 Å². The average molecular weight is 441 g/mol. The number of piperazine rings is 1. The number of aromatic nitrogens is 1. The molecule has 0 aliphatic carbocycles. The highest BCUT2D eigenvalue weighted by molar-refractivity contribution is 5.77. The lowest BCUT2D eigenvalue weighted by molar-refractivity contribution is -0.132. The van der Waals surface area contributed by atoms with Crippen LogP contribution < -0.4 is 10.2 Å². The first-order chi connectivity index (χ1) is 15.5. The van der Waals surface area contributed by atoms with Crippen molar-refractivity contribution in [1.29, 1.82) is 5.26 Å². The van der Waals surface area contributed by atoms with Crippen LogP contribution in [0.4, 0.5) is 14.6 Å². The Morgan fingerprint density at radius 1 is 1.22 bits per heavy atom. The molecular weight excluding hydrogens is 416 g/mol. The monoisotopic (exact) mass is 441 g/mol. The molecule has 2 aromatic rings. The molecule has 1 amide bonds. The summed E-state index contributed by atoms with van der Waals surface area (Å²) in [6, 6.07) is 9.00. The normalized spacial score (nSPS) is 20.8. The second kappa shape index (κ2) is 9.59. The second-order valence-corrected chi connectivity index (χ2v) is 8.22. The van der Waals surface area contributed by atoms with E-state index in [1.165, 1.54) is 6.07 Å². The Bertz CT molecular complexity index is 996. The maximum Gasteiger partial charge on any atom is 0.223 e. The van der Waals surface area contributed by atoms with Gasteiger partial charge in [-0.1, -0.05) is 6.07 Å². The fourth-order valence-corrected chi connectivity index (χ4v) is 4.61. The van der Waals surface area contributed by atoms with Gasteiger partial charge in [0, 0.05) is 44.3 Å². The van der Waals surface area contributed by atoms with Gasteiger partial charge in [-0.2, -0.15) is 5.26 Å². The number of nitriles is 1. The predicted octanol–water partition coefficient (Wildman–Crippen LogP) is 2.12. The third kappa shape index (κ3) is 4.56. The average Bonchev–Trinajstić information content (AvgIpc) is 3.07. The number of likely N-dealkylation sites (tertiary alicyclic amines) is 1. The predicted molar refractivity (Wildman–Crippen MR) is 114 cm³/mol. The van der Waals surface area contributed by atoms with Crippen molar-refractivity contribution in [2.75, 3.05) is 31.1 Å². The minimum Gasteiger partial charge on any atom is -0.394 e. The number of hydrogen-bond acceptors (Lipinski definition) is 6. The number of hydrogen-bond donors (Lipinski definition) is 2. The van der Waals surface area contributed by atoms with Gasteiger partial charge in [-0.15, -0.1) is 0 Å². The minimum atomic E-state index is -0.969. The number of fused-ring (bicyclic) bond motifs is 2. The Morgan fingerprint density at radius 2 is 1.97 bits per heavy atom. The van der Waals surface area contributed by atoms with Crippen molar-refractivity contribution in [2.45, 2.75) is 37.4 Å². The van der Waals surface area contributed by atoms with Crippen molar-refractivity contribution in [3.05, 3.63) is 59.3 Å². The number of carbonyl (C=O) groups is 1. The van der Waals surface area contributed by atoms with E-state index >= 15 is 0 Å². The first-order valence-electron chi connectivity index (χ1n) is 10.7. The van der Waals surface area contributed by atoms with Crippen LogP contribution >= 0.6 is 0 Å². The fraction of sp³-hybridized carbons (Fsp3) is 0.435. The van der Waals surface area contributed by atoms with Crippen molar-refractivity contribution < 1.29 is 18.7 Å². The molecule has 3 atom stereocenters. The van der Waals surface area contributed by atoms with Crippen LogP contribution in [0.5, 0.6) is 0 Å². The van der Waals surface area contributed by atoms with E-state index < -0.39 is 17.7 Å². The van der Waals surface area contributed by atoms with Gasteiger partial charge in [-0.25, -0.2) is 13.8 Å². The van der Waals surface area contributed by atoms with Gasteiger partial charge < -0.3 is 20.2 Å². The molecule has 4 rings (SSSR count). The fourth-order valence-electron chi connectivity index (χ4n) is 4.61. The van der Waals surface area contributed by atoms with E-state index in [1.807, 2.05) is 11.0 Å². The van der Waals surface area contributed by atoms with Crippen LogP contribution in [0, 0.1) is 23.0 Å². The molecule has 2 N–H and O–H groups in total. The Balaban J connectivity index is 1.31. The summed E-state index contributed by atoms with van der Waals surface area (Å²) in [5.41, 5.74) is 0.951. The van der Waals surface area contributed by atoms with Crippen LogP contribution in [-0.2, 0) is 4.79 Å². The van der Waals surface area contributed by atoms with E-state index in [-0.39, 0.29) is 31.0 Å². The van der Waals surface area contributed by atoms with Gasteiger partial charge in [-0.05, 0) is 42.7 Å². The first kappa shape index (κ1) is 22.1. The summed E-state index contributed by atoms with van der Waals surface area (Å²) < 4.78 is 26.6. The number of nitrogens with one attached hydrogen (secondary N) is 1. The Kier molecular flexibility index (Phi) is 6.63. The number of aliphatic hydroxyl groups excluding tert-OH is 1. The molecular formula is C23H25F2N5O2. The molecule has 0 spiro atoms. The standard InChI is InChI=1S/C23H25F2N5O2/c24-19-5-2-16(9-20(19)25)21(14-31)27-8-7-23(32)29-12-17-3-4-18(13-29)30(17)22-6-1-15(10-26)11-28-22/h1-2,5-6,9,11,17-18,21,27,31H,3-4,7-8,12-14H2/t17-,18?,21+/m0/s1. The molecule has 3 heterocycles. The lowest BCUT2D eigenvalue weighted by Gasteiger charge is -2.42. The number of anilines is 1. The number of nitrogens with zero attached hydrogens (tertiary/aromatic N) is 4. The molecule has 2 fully saturated rings. The second-order valence-electron chi connectivity index (χ2n) is 8.22. The highest BCUT2D eigenvalue weighted by Gasteiger charge is 2.41. The van der Waals surface area contributed by atoms with E-state index in [4.69, 9.17) is 5.26 Å². The molecule has 9 heteroatoms. The molecule has 1 aromatic carbocycles. The van der Waals surface area contributed by atoms with Crippen molar-refractivity contribution in [3.8, 4) is 6.07 Å². The Morgan fingerprint density at radius 3 is 2.56 bits per heavy atom. The zero-order valence-corrected chi connectivity index (χ0v) is 17.5. The van der Waals surface area contributed by atoms with E-state index in [0.29, 0.717) is 30.8 Å². The highest BCUT2D eigenvalue weighted by Crippen LogP contribution is 2.34. The Hall–Kier alpha value is -3.09. The number of benzene rings is 1. The van der Waals surface area contributed by atoms with Gasteiger partial charge >= 0.3 is 0 Å². The zero-order valence-electron chi connectivity index (χ0n) is 17.5. The number of rotatable bonds is 7. The maximum atomic E-state index is 13.5. The molecule has 2 aliphatic heterocycles. The van der Waals surface area contributed by atoms with Crippen LogP contribution in [-0.4, -0.2) is 59.2 Å². The highest BCUT2D eigenvalue weighted by atomic mass is 19.2. The molecule has 32 heavy (non-hydrogen) atoms. The van der Waals surface area contributed by atoms with Crippen molar-refractivity contribution >= 4 is 11.7 Å². The van der Waals surface area contributed by atoms with Gasteiger partial charge in [0.05, 0.1) is 18.2 Å². The summed E-state index contributed by atoms with van der Waals surface area (Å²) in [4.78, 5) is 21.3. The maximum absolute atomic E-state index is 13.5. The van der Waals surface area contributed by atoms with Crippen LogP contribution in [0.15, 0.2) is 36.5 Å². The summed E-state index contributed by atoms with van der Waals surface area (Å²) in [5, 5.41) is 21.6. The van der Waals surface area contributed by atoms with Crippen LogP contribution in [0.25, 0.3) is 0 Å². The minimum absolute atomic E-state index is 0.0174. The molecule has 168 valence electrons. The molecule has 0 radical (unpaired) electrons. The molecule has 0 saturated carbocycles. The quantitative estimate of drug-likeness (QED) is 0.684. The number of aliphatic hydroxyl groups is 1. The van der Waals surface area contributed by atoms with E-state index in [2.05, 4.69) is 21.3 Å². The Labute approximate surface area is 185 Å². The van der Waals surface area contributed by atoms with Gasteiger partial charge in [0.15, 0.2) is 11.6 Å². The van der Waals surface area contributed by atoms with Gasteiger partial charge in [-0.3, -0.25) is 4.79 Å². The smallest absolute Gasteiger partial charge is 0.223 e. The molecule has 1 unspecified atom stereocenters. The lowest BCUT2D eigenvalue weighted by Crippen LogP contribution is -2.56. The summed E-state index contributed by atoms with van der Waals surface area (Å²) >= 11 is 0. The summed E-state index contributed by atoms with van der Waals surface area (Å²) in [6.45, 7) is 1.25. The van der Waals surface area contributed by atoms with E-state index in [0.717, 1.165) is 30.8 Å². The molecule has 2 aliphatic rings. The van der Waals surface area contributed by atoms with E-state index in [1.54, 1.807) is 12.3 Å². The number of carbonyl (C=O) groups excluding carboxylic acids is 1. The third-order valence-electron chi connectivity index (χ3n) is 6.23. The van der Waals surface area contributed by atoms with Crippen LogP contribution in [0.3, 0.4) is 0 Å². The lowest BCUT2D eigenvalue weighted by atomic mass is 10.1. The summed E-state index contributed by atoms with van der Waals surface area (Å²) in [5.74, 6) is -1.05. The summed E-state index contributed by atoms with van der Waals surface area (Å²) in [7, 11) is 0. The zero-order chi connectivity index (χ0) is 22.7.